The monoisotopic (exact) mass is 679 g/mol. The van der Waals surface area contributed by atoms with Crippen LogP contribution in [0.15, 0.2) is 121 Å². The van der Waals surface area contributed by atoms with Crippen LogP contribution < -0.4 is 4.90 Å². The summed E-state index contributed by atoms with van der Waals surface area (Å²) in [5.41, 5.74) is 16.7. The van der Waals surface area contributed by atoms with Gasteiger partial charge in [-0.25, -0.2) is 0 Å². The van der Waals surface area contributed by atoms with Gasteiger partial charge >= 0.3 is 0 Å². The lowest BCUT2D eigenvalue weighted by atomic mass is 9.86. The van der Waals surface area contributed by atoms with Crippen molar-refractivity contribution in [3.05, 3.63) is 155 Å². The molecule has 3 aromatic carbocycles. The molecule has 52 heavy (non-hydrogen) atoms. The van der Waals surface area contributed by atoms with Gasteiger partial charge in [-0.3, -0.25) is 9.97 Å². The van der Waals surface area contributed by atoms with Crippen molar-refractivity contribution in [2.24, 2.45) is 0 Å². The van der Waals surface area contributed by atoms with Crippen LogP contribution in [0.1, 0.15) is 73.3 Å². The molecule has 4 aromatic heterocycles. The molecule has 0 fully saturated rings. The summed E-state index contributed by atoms with van der Waals surface area (Å²) in [7, 11) is 0. The fourth-order valence-electron chi connectivity index (χ4n) is 8.76. The summed E-state index contributed by atoms with van der Waals surface area (Å²) >= 11 is 0. The van der Waals surface area contributed by atoms with Crippen LogP contribution in [0.25, 0.3) is 44.5 Å². The van der Waals surface area contributed by atoms with Crippen molar-refractivity contribution in [3.63, 3.8) is 0 Å². The van der Waals surface area contributed by atoms with Crippen LogP contribution >= 0.6 is 0 Å². The summed E-state index contributed by atoms with van der Waals surface area (Å²) < 4.78 is 4.94. The topological polar surface area (TPSA) is 38.9 Å². The van der Waals surface area contributed by atoms with E-state index in [2.05, 4.69) is 172 Å². The number of anilines is 2. The zero-order chi connectivity index (χ0) is 35.9. The van der Waals surface area contributed by atoms with Gasteiger partial charge in [-0.1, -0.05) is 60.1 Å². The van der Waals surface area contributed by atoms with Gasteiger partial charge in [0.05, 0.1) is 34.5 Å². The fraction of sp³-hybridized carbons (Fsp3) is 0.234. The predicted octanol–water partition coefficient (Wildman–Crippen LogP) is 12.1. The van der Waals surface area contributed by atoms with Crippen molar-refractivity contribution in [2.45, 2.75) is 72.8 Å². The molecular formula is C47H45N5. The summed E-state index contributed by atoms with van der Waals surface area (Å²) in [5.74, 6) is 0.434. The van der Waals surface area contributed by atoms with Crippen molar-refractivity contribution in [3.8, 4) is 5.69 Å². The number of hydrogen-bond donors (Lipinski definition) is 0. The van der Waals surface area contributed by atoms with Crippen molar-refractivity contribution >= 4 is 50.2 Å². The second-order valence-electron chi connectivity index (χ2n) is 15.5. The van der Waals surface area contributed by atoms with E-state index >= 15 is 0 Å². The second-order valence-corrected chi connectivity index (χ2v) is 15.5. The molecule has 5 nitrogen and oxygen atoms in total. The fourth-order valence-corrected chi connectivity index (χ4v) is 8.76. The predicted molar refractivity (Wildman–Crippen MR) is 218 cm³/mol. The number of allylic oxidation sites excluding steroid dienone is 4. The maximum atomic E-state index is 4.78. The van der Waals surface area contributed by atoms with Gasteiger partial charge in [0, 0.05) is 67.5 Å². The highest BCUT2D eigenvalue weighted by atomic mass is 15.2. The number of nitrogens with zero attached hydrogens (tertiary/aromatic N) is 5. The maximum absolute atomic E-state index is 4.78. The van der Waals surface area contributed by atoms with Gasteiger partial charge in [-0.05, 0) is 121 Å². The van der Waals surface area contributed by atoms with E-state index in [9.17, 15) is 0 Å². The first kappa shape index (κ1) is 32.2. The van der Waals surface area contributed by atoms with Crippen LogP contribution in [0.2, 0.25) is 0 Å². The molecule has 2 aliphatic carbocycles. The Morgan fingerprint density at radius 2 is 1.35 bits per heavy atom. The third-order valence-corrected chi connectivity index (χ3v) is 11.3. The Hall–Kier alpha value is -5.68. The van der Waals surface area contributed by atoms with E-state index in [1.807, 2.05) is 6.20 Å². The van der Waals surface area contributed by atoms with Gasteiger partial charge in [-0.2, -0.15) is 0 Å². The van der Waals surface area contributed by atoms with Gasteiger partial charge in [0.25, 0.3) is 0 Å². The quantitative estimate of drug-likeness (QED) is 0.182. The molecule has 2 unspecified atom stereocenters. The second kappa shape index (κ2) is 11.9. The van der Waals surface area contributed by atoms with E-state index in [0.717, 1.165) is 46.8 Å². The zero-order valence-corrected chi connectivity index (χ0v) is 31.2. The molecule has 9 rings (SSSR count). The molecule has 258 valence electrons. The number of fused-ring (bicyclic) bond motifs is 6. The lowest BCUT2D eigenvalue weighted by Crippen LogP contribution is -2.32. The van der Waals surface area contributed by atoms with Gasteiger partial charge in [-0.15, -0.1) is 0 Å². The number of hydrogen-bond acceptors (Lipinski definition) is 3. The average Bonchev–Trinajstić information content (AvgIpc) is 3.62. The molecule has 2 atom stereocenters. The first-order chi connectivity index (χ1) is 25.1. The summed E-state index contributed by atoms with van der Waals surface area (Å²) in [6.07, 6.45) is 15.6. The van der Waals surface area contributed by atoms with Crippen LogP contribution in [0.4, 0.5) is 11.4 Å². The van der Waals surface area contributed by atoms with Gasteiger partial charge in [0.15, 0.2) is 0 Å². The Balaban J connectivity index is 1.13. The minimum absolute atomic E-state index is 0.232. The standard InChI is InChI=1S/C47H45N5/c1-29-8-11-35(12-9-29)50(36-13-15-37(16-14-36)51-43-17-10-30(2)23-39(43)40-25-33(5)48-27-44(40)51)38-18-20-47(7,21-19-38)52-45-28-49-34(6)26-41(45)42-24-31(3)22-32(4)46(42)52/h8-20,23-28,32H,21-22H2,1-7H3. The normalized spacial score (nSPS) is 18.6. The number of aryl methyl sites for hydroxylation is 4. The highest BCUT2D eigenvalue weighted by Crippen LogP contribution is 2.45. The van der Waals surface area contributed by atoms with Gasteiger partial charge < -0.3 is 14.0 Å². The largest absolute Gasteiger partial charge is 0.333 e. The van der Waals surface area contributed by atoms with Crippen LogP contribution in [0.3, 0.4) is 0 Å². The SMILES string of the molecule is CC1=Cc2c(n(C3(C)C=CC(N(c4ccc(C)cc4)c4ccc(-n5c6ccc(C)cc6c6cc(C)ncc65)cc4)=CC3)c3cnc(C)cc23)C(C)C1. The molecule has 4 heterocycles. The van der Waals surface area contributed by atoms with Crippen LogP contribution in [0, 0.1) is 27.7 Å². The molecule has 0 saturated heterocycles. The van der Waals surface area contributed by atoms with Crippen molar-refractivity contribution in [1.29, 1.82) is 0 Å². The summed E-state index contributed by atoms with van der Waals surface area (Å²) in [6.45, 7) is 15.5. The third kappa shape index (κ3) is 5.13. The number of pyridine rings is 2. The minimum atomic E-state index is -0.232. The van der Waals surface area contributed by atoms with Crippen molar-refractivity contribution < 1.29 is 0 Å². The number of benzene rings is 3. The first-order valence-electron chi connectivity index (χ1n) is 18.5. The molecule has 0 bridgehead atoms. The van der Waals surface area contributed by atoms with E-state index < -0.39 is 0 Å². The Kier molecular flexibility index (Phi) is 7.41. The highest BCUT2D eigenvalue weighted by Gasteiger charge is 2.34. The van der Waals surface area contributed by atoms with E-state index in [-0.39, 0.29) is 5.54 Å². The van der Waals surface area contributed by atoms with Crippen molar-refractivity contribution in [2.75, 3.05) is 4.90 Å². The number of aromatic nitrogens is 4. The molecule has 5 heteroatoms. The molecular weight excluding hydrogens is 635 g/mol. The summed E-state index contributed by atoms with van der Waals surface area (Å²) in [6, 6.07) is 29.1. The Morgan fingerprint density at radius 3 is 2.04 bits per heavy atom. The smallest absolute Gasteiger partial charge is 0.0724 e. The van der Waals surface area contributed by atoms with Crippen LogP contribution in [0.5, 0.6) is 0 Å². The van der Waals surface area contributed by atoms with Crippen molar-refractivity contribution in [1.82, 2.24) is 19.1 Å². The van der Waals surface area contributed by atoms with Gasteiger partial charge in [0.1, 0.15) is 0 Å². The van der Waals surface area contributed by atoms with Gasteiger partial charge in [0.2, 0.25) is 0 Å². The molecule has 0 spiro atoms. The Morgan fingerprint density at radius 1 is 0.712 bits per heavy atom. The highest BCUT2D eigenvalue weighted by molar-refractivity contribution is 6.09. The zero-order valence-electron chi connectivity index (χ0n) is 31.2. The molecule has 7 aromatic rings. The summed E-state index contributed by atoms with van der Waals surface area (Å²) in [5, 5.41) is 3.80. The molecule has 0 N–H and O–H groups in total. The minimum Gasteiger partial charge on any atom is -0.333 e. The lowest BCUT2D eigenvalue weighted by Gasteiger charge is -2.37. The van der Waals surface area contributed by atoms with Crippen LogP contribution in [-0.4, -0.2) is 19.1 Å². The molecule has 0 amide bonds. The van der Waals surface area contributed by atoms with E-state index in [1.54, 1.807) is 0 Å². The number of rotatable bonds is 5. The molecule has 0 radical (unpaired) electrons. The Labute approximate surface area is 306 Å². The lowest BCUT2D eigenvalue weighted by molar-refractivity contribution is 0.401. The van der Waals surface area contributed by atoms with E-state index in [0.29, 0.717) is 5.92 Å². The van der Waals surface area contributed by atoms with Crippen LogP contribution in [-0.2, 0) is 5.54 Å². The van der Waals surface area contributed by atoms with E-state index in [4.69, 9.17) is 9.97 Å². The molecule has 0 saturated carbocycles. The Bertz CT molecular complexity index is 2590. The average molecular weight is 680 g/mol. The van der Waals surface area contributed by atoms with E-state index in [1.165, 1.54) is 60.8 Å². The summed E-state index contributed by atoms with van der Waals surface area (Å²) in [4.78, 5) is 11.9. The maximum Gasteiger partial charge on any atom is 0.0724 e. The molecule has 2 aliphatic rings. The first-order valence-corrected chi connectivity index (χ1v) is 18.5. The molecule has 0 aliphatic heterocycles. The third-order valence-electron chi connectivity index (χ3n) is 11.3.